The van der Waals surface area contributed by atoms with Crippen LogP contribution in [0.3, 0.4) is 0 Å². The maximum atomic E-state index is 9.11. The third-order valence-electron chi connectivity index (χ3n) is 3.41. The Morgan fingerprint density at radius 1 is 1.10 bits per heavy atom. The van der Waals surface area contributed by atoms with Gasteiger partial charge >= 0.3 is 0 Å². The van der Waals surface area contributed by atoms with Gasteiger partial charge in [0.15, 0.2) is 0 Å². The van der Waals surface area contributed by atoms with Gasteiger partial charge in [-0.1, -0.05) is 6.07 Å². The van der Waals surface area contributed by atoms with Gasteiger partial charge in [0, 0.05) is 23.3 Å². The Balaban J connectivity index is 1.87. The zero-order chi connectivity index (χ0) is 13.5. The highest BCUT2D eigenvalue weighted by Crippen LogP contribution is 2.25. The Morgan fingerprint density at radius 2 is 2.05 bits per heavy atom. The summed E-state index contributed by atoms with van der Waals surface area (Å²) in [5.41, 5.74) is 4.79. The van der Waals surface area contributed by atoms with Crippen LogP contribution in [0.4, 0.5) is 0 Å². The molecule has 20 heavy (non-hydrogen) atoms. The lowest BCUT2D eigenvalue weighted by molar-refractivity contribution is 0.273. The van der Waals surface area contributed by atoms with Gasteiger partial charge in [-0.2, -0.15) is 0 Å². The average Bonchev–Trinajstić information content (AvgIpc) is 3.11. The maximum absolute atomic E-state index is 9.11. The fraction of sp³-hybridized carbons (Fsp3) is 0.0667. The zero-order valence-electron chi connectivity index (χ0n) is 10.6. The number of aromatic amines is 2. The molecule has 0 saturated carbocycles. The number of hydrogen-bond acceptors (Lipinski definition) is 3. The van der Waals surface area contributed by atoms with E-state index in [1.807, 2.05) is 36.7 Å². The second-order valence-electron chi connectivity index (χ2n) is 4.71. The van der Waals surface area contributed by atoms with E-state index >= 15 is 0 Å². The van der Waals surface area contributed by atoms with Crippen molar-refractivity contribution in [2.45, 2.75) is 6.61 Å². The summed E-state index contributed by atoms with van der Waals surface area (Å²) in [6.07, 6.45) is 3.73. The van der Waals surface area contributed by atoms with Gasteiger partial charge in [-0.15, -0.1) is 0 Å². The number of rotatable bonds is 2. The van der Waals surface area contributed by atoms with Crippen molar-refractivity contribution in [2.75, 3.05) is 0 Å². The highest BCUT2D eigenvalue weighted by atomic mass is 16.3. The summed E-state index contributed by atoms with van der Waals surface area (Å²) < 4.78 is 0. The van der Waals surface area contributed by atoms with Crippen LogP contribution in [-0.4, -0.2) is 25.0 Å². The topological polar surface area (TPSA) is 77.6 Å². The van der Waals surface area contributed by atoms with Gasteiger partial charge in [-0.05, 0) is 29.8 Å². The van der Waals surface area contributed by atoms with E-state index in [1.165, 1.54) is 0 Å². The predicted molar refractivity (Wildman–Crippen MR) is 77.1 cm³/mol. The minimum Gasteiger partial charge on any atom is -0.388 e. The average molecular weight is 264 g/mol. The molecule has 0 atom stereocenters. The molecule has 0 spiro atoms. The number of H-pyrrole nitrogens is 2. The van der Waals surface area contributed by atoms with E-state index in [9.17, 15) is 0 Å². The third-order valence-corrected chi connectivity index (χ3v) is 3.41. The maximum Gasteiger partial charge on any atom is 0.137 e. The molecule has 5 nitrogen and oxygen atoms in total. The molecule has 4 aromatic rings. The molecule has 4 rings (SSSR count). The number of benzene rings is 1. The lowest BCUT2D eigenvalue weighted by atomic mass is 10.1. The molecule has 0 radical (unpaired) electrons. The summed E-state index contributed by atoms with van der Waals surface area (Å²) in [5, 5.41) is 10.2. The standard InChI is InChI=1S/C15H12N4O/c20-8-14-18-12-2-1-9(6-13(12)19-14)11-5-10-3-4-16-15(10)17-7-11/h1-7,20H,8H2,(H,16,17)(H,18,19). The Morgan fingerprint density at radius 3 is 2.95 bits per heavy atom. The predicted octanol–water partition coefficient (Wildman–Crippen LogP) is 2.60. The first kappa shape index (κ1) is 11.2. The Kier molecular flexibility index (Phi) is 2.34. The van der Waals surface area contributed by atoms with E-state index in [0.717, 1.165) is 33.2 Å². The van der Waals surface area contributed by atoms with Gasteiger partial charge in [0.25, 0.3) is 0 Å². The third kappa shape index (κ3) is 1.68. The van der Waals surface area contributed by atoms with E-state index in [1.54, 1.807) is 0 Å². The van der Waals surface area contributed by atoms with Crippen LogP contribution in [0.5, 0.6) is 0 Å². The summed E-state index contributed by atoms with van der Waals surface area (Å²) in [5.74, 6) is 0.580. The monoisotopic (exact) mass is 264 g/mol. The first-order chi connectivity index (χ1) is 9.83. The van der Waals surface area contributed by atoms with Gasteiger partial charge in [-0.3, -0.25) is 0 Å². The summed E-state index contributed by atoms with van der Waals surface area (Å²) in [4.78, 5) is 14.9. The molecule has 0 aliphatic carbocycles. The molecule has 0 aliphatic heterocycles. The van der Waals surface area contributed by atoms with Gasteiger partial charge in [0.2, 0.25) is 0 Å². The number of hydrogen-bond donors (Lipinski definition) is 3. The summed E-state index contributed by atoms with van der Waals surface area (Å²) >= 11 is 0. The summed E-state index contributed by atoms with van der Waals surface area (Å²) in [7, 11) is 0. The first-order valence-electron chi connectivity index (χ1n) is 6.36. The number of pyridine rings is 1. The van der Waals surface area contributed by atoms with Crippen molar-refractivity contribution in [2.24, 2.45) is 0 Å². The Labute approximate surface area is 114 Å². The van der Waals surface area contributed by atoms with Gasteiger partial charge < -0.3 is 15.1 Å². The van der Waals surface area contributed by atoms with Crippen LogP contribution >= 0.6 is 0 Å². The van der Waals surface area contributed by atoms with Gasteiger partial charge in [0.05, 0.1) is 11.0 Å². The molecule has 3 heterocycles. The molecular weight excluding hydrogens is 252 g/mol. The number of nitrogens with zero attached hydrogens (tertiary/aromatic N) is 2. The SMILES string of the molecule is OCc1nc2ccc(-c3cnc4[nH]ccc4c3)cc2[nH]1. The van der Waals surface area contributed by atoms with Crippen LogP contribution < -0.4 is 0 Å². The summed E-state index contributed by atoms with van der Waals surface area (Å²) in [6, 6.07) is 10.1. The molecule has 1 aromatic carbocycles. The van der Waals surface area contributed by atoms with E-state index < -0.39 is 0 Å². The fourth-order valence-electron chi connectivity index (χ4n) is 2.41. The highest BCUT2D eigenvalue weighted by molar-refractivity contribution is 5.85. The molecule has 3 aromatic heterocycles. The largest absolute Gasteiger partial charge is 0.388 e. The molecule has 5 heteroatoms. The number of nitrogens with one attached hydrogen (secondary N) is 2. The van der Waals surface area contributed by atoms with Crippen LogP contribution in [0.15, 0.2) is 42.7 Å². The van der Waals surface area contributed by atoms with Gasteiger partial charge in [0.1, 0.15) is 18.1 Å². The van der Waals surface area contributed by atoms with E-state index in [4.69, 9.17) is 5.11 Å². The van der Waals surface area contributed by atoms with Crippen molar-refractivity contribution in [3.63, 3.8) is 0 Å². The van der Waals surface area contributed by atoms with E-state index in [-0.39, 0.29) is 6.61 Å². The van der Waals surface area contributed by atoms with Crippen LogP contribution in [0.1, 0.15) is 5.82 Å². The number of aromatic nitrogens is 4. The fourth-order valence-corrected chi connectivity index (χ4v) is 2.41. The minimum absolute atomic E-state index is 0.0825. The van der Waals surface area contributed by atoms with Crippen molar-refractivity contribution in [3.05, 3.63) is 48.5 Å². The molecular formula is C15H12N4O. The van der Waals surface area contributed by atoms with Crippen molar-refractivity contribution in [3.8, 4) is 11.1 Å². The van der Waals surface area contributed by atoms with E-state index in [0.29, 0.717) is 5.82 Å². The molecule has 0 aliphatic rings. The molecule has 0 unspecified atom stereocenters. The Hall–Kier alpha value is -2.66. The van der Waals surface area contributed by atoms with Crippen LogP contribution in [-0.2, 0) is 6.61 Å². The molecule has 3 N–H and O–H groups in total. The van der Waals surface area contributed by atoms with Crippen LogP contribution in [0.2, 0.25) is 0 Å². The van der Waals surface area contributed by atoms with Crippen molar-refractivity contribution >= 4 is 22.1 Å². The highest BCUT2D eigenvalue weighted by Gasteiger charge is 2.06. The van der Waals surface area contributed by atoms with Crippen molar-refractivity contribution in [1.82, 2.24) is 19.9 Å². The lowest BCUT2D eigenvalue weighted by Crippen LogP contribution is -1.83. The minimum atomic E-state index is -0.0825. The second-order valence-corrected chi connectivity index (χ2v) is 4.71. The normalized spacial score (nSPS) is 11.4. The quantitative estimate of drug-likeness (QED) is 0.520. The molecule has 0 amide bonds. The van der Waals surface area contributed by atoms with Gasteiger partial charge in [-0.25, -0.2) is 9.97 Å². The van der Waals surface area contributed by atoms with Crippen LogP contribution in [0.25, 0.3) is 33.2 Å². The molecule has 98 valence electrons. The number of aliphatic hydroxyl groups is 1. The first-order valence-corrected chi connectivity index (χ1v) is 6.36. The number of imidazole rings is 1. The lowest BCUT2D eigenvalue weighted by Gasteiger charge is -2.01. The number of fused-ring (bicyclic) bond motifs is 2. The van der Waals surface area contributed by atoms with E-state index in [2.05, 4.69) is 26.0 Å². The number of aliphatic hydroxyl groups excluding tert-OH is 1. The molecule has 0 bridgehead atoms. The van der Waals surface area contributed by atoms with Crippen molar-refractivity contribution < 1.29 is 5.11 Å². The molecule has 0 fully saturated rings. The smallest absolute Gasteiger partial charge is 0.137 e. The molecule has 0 saturated heterocycles. The van der Waals surface area contributed by atoms with Crippen LogP contribution in [0, 0.1) is 0 Å². The summed E-state index contributed by atoms with van der Waals surface area (Å²) in [6.45, 7) is -0.0825. The Bertz CT molecular complexity index is 906. The zero-order valence-corrected chi connectivity index (χ0v) is 10.6. The van der Waals surface area contributed by atoms with Crippen molar-refractivity contribution in [1.29, 1.82) is 0 Å². The second kappa shape index (κ2) is 4.18.